The third-order valence-electron chi connectivity index (χ3n) is 1.34. The average Bonchev–Trinajstić information content (AvgIpc) is 2.14. The summed E-state index contributed by atoms with van der Waals surface area (Å²) in [5.74, 6) is 0.224. The molecule has 0 saturated carbocycles. The molecule has 1 aromatic heterocycles. The van der Waals surface area contributed by atoms with Gasteiger partial charge in [-0.1, -0.05) is 11.2 Å². The van der Waals surface area contributed by atoms with Crippen molar-refractivity contribution in [2.24, 2.45) is 5.16 Å². The molecule has 0 aliphatic carbocycles. The molecule has 5 heteroatoms. The van der Waals surface area contributed by atoms with Gasteiger partial charge < -0.3 is 9.94 Å². The van der Waals surface area contributed by atoms with Crippen molar-refractivity contribution in [1.82, 2.24) is 4.98 Å². The van der Waals surface area contributed by atoms with Crippen LogP contribution in [-0.2, 0) is 11.3 Å². The van der Waals surface area contributed by atoms with E-state index in [-0.39, 0.29) is 5.90 Å². The highest BCUT2D eigenvalue weighted by molar-refractivity contribution is 9.10. The summed E-state index contributed by atoms with van der Waals surface area (Å²) >= 11 is 3.24. The number of hydrogen-bond donors (Lipinski definition) is 1. The van der Waals surface area contributed by atoms with Gasteiger partial charge in [-0.05, 0) is 28.1 Å². The number of nitrogens with zero attached hydrogens (tertiary/aromatic N) is 2. The Balaban J connectivity index is 2.55. The van der Waals surface area contributed by atoms with E-state index in [9.17, 15) is 0 Å². The standard InChI is InChI=1S/C8H9BrN2O2/c1-6(11-12)13-5-7-3-2-4-8(9)10-7/h2-4,12H,5H2,1H3. The molecule has 1 N–H and O–H groups in total. The molecule has 0 bridgehead atoms. The maximum Gasteiger partial charge on any atom is 0.222 e. The number of pyridine rings is 1. The molecule has 0 atom stereocenters. The predicted octanol–water partition coefficient (Wildman–Crippen LogP) is 2.17. The molecular weight excluding hydrogens is 236 g/mol. The summed E-state index contributed by atoms with van der Waals surface area (Å²) in [4.78, 5) is 4.13. The fourth-order valence-corrected chi connectivity index (χ4v) is 1.12. The molecular formula is C8H9BrN2O2. The summed E-state index contributed by atoms with van der Waals surface area (Å²) in [7, 11) is 0. The zero-order chi connectivity index (χ0) is 9.68. The Morgan fingerprint density at radius 1 is 1.69 bits per heavy atom. The first kappa shape index (κ1) is 9.98. The maximum atomic E-state index is 8.30. The summed E-state index contributed by atoms with van der Waals surface area (Å²) < 4.78 is 5.81. The first-order valence-corrected chi connectivity index (χ1v) is 4.44. The molecule has 0 fully saturated rings. The molecule has 1 aromatic rings. The van der Waals surface area contributed by atoms with E-state index < -0.39 is 0 Å². The molecule has 13 heavy (non-hydrogen) atoms. The van der Waals surface area contributed by atoms with Crippen LogP contribution >= 0.6 is 15.9 Å². The average molecular weight is 245 g/mol. The van der Waals surface area contributed by atoms with Gasteiger partial charge in [0.15, 0.2) is 0 Å². The van der Waals surface area contributed by atoms with E-state index in [0.717, 1.165) is 10.3 Å². The number of ether oxygens (including phenoxy) is 1. The van der Waals surface area contributed by atoms with Gasteiger partial charge >= 0.3 is 0 Å². The Bertz CT molecular complexity index is 315. The monoisotopic (exact) mass is 244 g/mol. The molecule has 0 aliphatic heterocycles. The van der Waals surface area contributed by atoms with Crippen molar-refractivity contribution in [1.29, 1.82) is 0 Å². The number of hydrogen-bond acceptors (Lipinski definition) is 4. The van der Waals surface area contributed by atoms with Gasteiger partial charge in [0.2, 0.25) is 5.90 Å². The predicted molar refractivity (Wildman–Crippen MR) is 51.6 cm³/mol. The Morgan fingerprint density at radius 2 is 2.46 bits per heavy atom. The minimum absolute atomic E-state index is 0.224. The SMILES string of the molecule is CC(=NO)OCc1cccc(Br)n1. The minimum atomic E-state index is 0.224. The number of halogens is 1. The van der Waals surface area contributed by atoms with Crippen LogP contribution in [0.1, 0.15) is 12.6 Å². The second-order valence-corrected chi connectivity index (χ2v) is 3.17. The normalized spacial score (nSPS) is 11.4. The topological polar surface area (TPSA) is 54.7 Å². The summed E-state index contributed by atoms with van der Waals surface area (Å²) in [5.41, 5.74) is 0.775. The molecule has 1 rings (SSSR count). The van der Waals surface area contributed by atoms with Crippen LogP contribution in [0, 0.1) is 0 Å². The molecule has 0 saturated heterocycles. The van der Waals surface area contributed by atoms with Crippen molar-refractivity contribution < 1.29 is 9.94 Å². The van der Waals surface area contributed by atoms with Crippen LogP contribution in [0.5, 0.6) is 0 Å². The van der Waals surface area contributed by atoms with E-state index in [0.29, 0.717) is 6.61 Å². The van der Waals surface area contributed by atoms with Gasteiger partial charge in [-0.2, -0.15) is 0 Å². The van der Waals surface area contributed by atoms with Crippen LogP contribution < -0.4 is 0 Å². The van der Waals surface area contributed by atoms with Crippen LogP contribution in [0.2, 0.25) is 0 Å². The maximum absolute atomic E-state index is 8.30. The van der Waals surface area contributed by atoms with E-state index in [1.165, 1.54) is 0 Å². The van der Waals surface area contributed by atoms with Crippen LogP contribution in [0.3, 0.4) is 0 Å². The molecule has 1 heterocycles. The molecule has 0 amide bonds. The Hall–Kier alpha value is -1.10. The van der Waals surface area contributed by atoms with Crippen molar-refractivity contribution in [2.45, 2.75) is 13.5 Å². The largest absolute Gasteiger partial charge is 0.472 e. The Kier molecular flexibility index (Phi) is 3.70. The molecule has 0 radical (unpaired) electrons. The molecule has 4 nitrogen and oxygen atoms in total. The van der Waals surface area contributed by atoms with Crippen LogP contribution in [0.15, 0.2) is 28.0 Å². The summed E-state index contributed by atoms with van der Waals surface area (Å²) in [5, 5.41) is 11.2. The van der Waals surface area contributed by atoms with Crippen molar-refractivity contribution in [3.05, 3.63) is 28.5 Å². The van der Waals surface area contributed by atoms with Crippen molar-refractivity contribution >= 4 is 21.8 Å². The lowest BCUT2D eigenvalue weighted by Gasteiger charge is -2.02. The molecule has 70 valence electrons. The van der Waals surface area contributed by atoms with Crippen molar-refractivity contribution in [3.63, 3.8) is 0 Å². The van der Waals surface area contributed by atoms with Gasteiger partial charge in [0.25, 0.3) is 0 Å². The number of oxime groups is 1. The highest BCUT2D eigenvalue weighted by atomic mass is 79.9. The molecule has 0 aromatic carbocycles. The number of rotatable bonds is 2. The fourth-order valence-electron chi connectivity index (χ4n) is 0.738. The van der Waals surface area contributed by atoms with Crippen LogP contribution in [0.25, 0.3) is 0 Å². The van der Waals surface area contributed by atoms with E-state index in [1.54, 1.807) is 6.92 Å². The third-order valence-corrected chi connectivity index (χ3v) is 1.78. The first-order chi connectivity index (χ1) is 6.22. The van der Waals surface area contributed by atoms with Gasteiger partial charge in [-0.3, -0.25) is 0 Å². The Labute approximate surface area is 84.4 Å². The van der Waals surface area contributed by atoms with E-state index in [4.69, 9.17) is 9.94 Å². The summed E-state index contributed by atoms with van der Waals surface area (Å²) in [6, 6.07) is 5.52. The second kappa shape index (κ2) is 4.81. The van der Waals surface area contributed by atoms with Crippen molar-refractivity contribution in [3.8, 4) is 0 Å². The first-order valence-electron chi connectivity index (χ1n) is 3.65. The van der Waals surface area contributed by atoms with Crippen LogP contribution in [0.4, 0.5) is 0 Å². The lowest BCUT2D eigenvalue weighted by atomic mass is 10.4. The molecule has 0 unspecified atom stereocenters. The zero-order valence-corrected chi connectivity index (χ0v) is 8.65. The van der Waals surface area contributed by atoms with Gasteiger partial charge in [-0.15, -0.1) is 0 Å². The molecule has 0 aliphatic rings. The summed E-state index contributed by atoms with van der Waals surface area (Å²) in [6.07, 6.45) is 0. The van der Waals surface area contributed by atoms with Gasteiger partial charge in [0, 0.05) is 6.92 Å². The quantitative estimate of drug-likeness (QED) is 0.285. The fraction of sp³-hybridized carbons (Fsp3) is 0.250. The van der Waals surface area contributed by atoms with E-state index >= 15 is 0 Å². The third kappa shape index (κ3) is 3.42. The minimum Gasteiger partial charge on any atom is -0.472 e. The second-order valence-electron chi connectivity index (χ2n) is 2.36. The number of aromatic nitrogens is 1. The highest BCUT2D eigenvalue weighted by Gasteiger charge is 1.97. The van der Waals surface area contributed by atoms with E-state index in [2.05, 4.69) is 26.1 Å². The van der Waals surface area contributed by atoms with E-state index in [1.807, 2.05) is 18.2 Å². The Morgan fingerprint density at radius 3 is 3.08 bits per heavy atom. The smallest absolute Gasteiger partial charge is 0.222 e. The van der Waals surface area contributed by atoms with Gasteiger partial charge in [0.05, 0.1) is 5.69 Å². The highest BCUT2D eigenvalue weighted by Crippen LogP contribution is 2.07. The summed E-state index contributed by atoms with van der Waals surface area (Å²) in [6.45, 7) is 1.87. The van der Waals surface area contributed by atoms with Gasteiger partial charge in [-0.25, -0.2) is 4.98 Å². The van der Waals surface area contributed by atoms with Crippen LogP contribution in [-0.4, -0.2) is 16.1 Å². The lowest BCUT2D eigenvalue weighted by molar-refractivity contribution is 0.242. The van der Waals surface area contributed by atoms with Crippen molar-refractivity contribution in [2.75, 3.05) is 0 Å². The molecule has 0 spiro atoms. The lowest BCUT2D eigenvalue weighted by Crippen LogP contribution is -2.01. The van der Waals surface area contributed by atoms with Gasteiger partial charge in [0.1, 0.15) is 11.2 Å². The zero-order valence-electron chi connectivity index (χ0n) is 7.07.